The Morgan fingerprint density at radius 1 is 1.00 bits per heavy atom. The van der Waals surface area contributed by atoms with Crippen molar-refractivity contribution in [3.8, 4) is 11.5 Å². The highest BCUT2D eigenvalue weighted by Crippen LogP contribution is 2.26. The number of Topliss-reactive ketones (excluding diaryl/α,β-unsaturated/α-hetero) is 1. The maximum atomic E-state index is 12.2. The van der Waals surface area contributed by atoms with Gasteiger partial charge in [-0.25, -0.2) is 0 Å². The summed E-state index contributed by atoms with van der Waals surface area (Å²) in [5.74, 6) is 0.434. The summed E-state index contributed by atoms with van der Waals surface area (Å²) in [6.07, 6.45) is 3.75. The summed E-state index contributed by atoms with van der Waals surface area (Å²) in [6.45, 7) is 0. The van der Waals surface area contributed by atoms with Gasteiger partial charge in [-0.3, -0.25) is 9.59 Å². The van der Waals surface area contributed by atoms with Crippen molar-refractivity contribution in [3.63, 3.8) is 0 Å². The number of hydrogen-bond acceptors (Lipinski definition) is 4. The van der Waals surface area contributed by atoms with Crippen LogP contribution in [0.1, 0.15) is 48.9 Å². The first-order valence-corrected chi connectivity index (χ1v) is 7.05. The number of carbonyl (C=O) groups excluding carboxylic acids is 1. The molecule has 0 radical (unpaired) electrons. The highest BCUT2D eigenvalue weighted by molar-refractivity contribution is 5.98. The number of carboxylic acid groups (broad SMARTS) is 1. The van der Waals surface area contributed by atoms with Crippen LogP contribution in [-0.4, -0.2) is 31.1 Å². The average molecular weight is 294 g/mol. The summed E-state index contributed by atoms with van der Waals surface area (Å²) in [5.41, 5.74) is 0.559. The van der Waals surface area contributed by atoms with Gasteiger partial charge < -0.3 is 14.6 Å². The molecule has 116 valence electrons. The molecule has 0 aromatic heterocycles. The second-order valence-electron chi connectivity index (χ2n) is 4.80. The van der Waals surface area contributed by atoms with Crippen molar-refractivity contribution in [2.24, 2.45) is 0 Å². The summed E-state index contributed by atoms with van der Waals surface area (Å²) in [4.78, 5) is 22.5. The molecule has 0 saturated carbocycles. The molecule has 0 atom stereocenters. The van der Waals surface area contributed by atoms with E-state index in [0.717, 1.165) is 19.3 Å². The van der Waals surface area contributed by atoms with E-state index in [1.165, 1.54) is 7.11 Å². The average Bonchev–Trinajstić information content (AvgIpc) is 2.49. The highest BCUT2D eigenvalue weighted by atomic mass is 16.5. The fourth-order valence-electron chi connectivity index (χ4n) is 2.08. The van der Waals surface area contributed by atoms with Gasteiger partial charge in [0.25, 0.3) is 0 Å². The maximum absolute atomic E-state index is 12.2. The monoisotopic (exact) mass is 294 g/mol. The molecule has 1 aromatic carbocycles. The van der Waals surface area contributed by atoms with Gasteiger partial charge in [0.15, 0.2) is 5.78 Å². The molecule has 5 heteroatoms. The van der Waals surface area contributed by atoms with E-state index < -0.39 is 5.97 Å². The standard InChI is InChI=1S/C16H22O5/c1-20-12-9-10-13(15(11-12)21-2)14(17)7-5-3-4-6-8-16(18)19/h9-11H,3-8H2,1-2H3,(H,18,19). The first-order valence-electron chi connectivity index (χ1n) is 7.05. The molecule has 0 unspecified atom stereocenters. The number of benzene rings is 1. The number of hydrogen-bond donors (Lipinski definition) is 1. The zero-order valence-corrected chi connectivity index (χ0v) is 12.6. The molecule has 21 heavy (non-hydrogen) atoms. The zero-order chi connectivity index (χ0) is 15.7. The van der Waals surface area contributed by atoms with E-state index >= 15 is 0 Å². The van der Waals surface area contributed by atoms with E-state index in [2.05, 4.69) is 0 Å². The van der Waals surface area contributed by atoms with Crippen LogP contribution < -0.4 is 9.47 Å². The smallest absolute Gasteiger partial charge is 0.303 e. The lowest BCUT2D eigenvalue weighted by Crippen LogP contribution is -2.02. The Balaban J connectivity index is 2.43. The van der Waals surface area contributed by atoms with Gasteiger partial charge in [0.05, 0.1) is 19.8 Å². The Labute approximate surface area is 124 Å². The lowest BCUT2D eigenvalue weighted by molar-refractivity contribution is -0.137. The number of ether oxygens (including phenoxy) is 2. The van der Waals surface area contributed by atoms with Crippen molar-refractivity contribution < 1.29 is 24.2 Å². The molecule has 0 amide bonds. The third-order valence-corrected chi connectivity index (χ3v) is 3.25. The number of unbranched alkanes of at least 4 members (excludes halogenated alkanes) is 3. The summed E-state index contributed by atoms with van der Waals surface area (Å²) in [6, 6.07) is 5.15. The molecule has 0 bridgehead atoms. The van der Waals surface area contributed by atoms with Gasteiger partial charge in [-0.2, -0.15) is 0 Å². The van der Waals surface area contributed by atoms with Gasteiger partial charge in [-0.05, 0) is 25.0 Å². The number of methoxy groups -OCH3 is 2. The molecule has 1 N–H and O–H groups in total. The molecule has 0 aliphatic rings. The predicted molar refractivity (Wildman–Crippen MR) is 79.2 cm³/mol. The van der Waals surface area contributed by atoms with E-state index in [4.69, 9.17) is 14.6 Å². The molecule has 0 heterocycles. The van der Waals surface area contributed by atoms with Crippen LogP contribution in [0.2, 0.25) is 0 Å². The van der Waals surface area contributed by atoms with Crippen LogP contribution in [-0.2, 0) is 4.79 Å². The van der Waals surface area contributed by atoms with Gasteiger partial charge in [0.2, 0.25) is 0 Å². The van der Waals surface area contributed by atoms with Crippen LogP contribution >= 0.6 is 0 Å². The van der Waals surface area contributed by atoms with Crippen LogP contribution in [0.15, 0.2) is 18.2 Å². The molecular weight excluding hydrogens is 272 g/mol. The van der Waals surface area contributed by atoms with Gasteiger partial charge in [0.1, 0.15) is 11.5 Å². The minimum absolute atomic E-state index is 0.0349. The fraction of sp³-hybridized carbons (Fsp3) is 0.500. The van der Waals surface area contributed by atoms with Crippen LogP contribution in [0.3, 0.4) is 0 Å². The van der Waals surface area contributed by atoms with Crippen LogP contribution in [0.4, 0.5) is 0 Å². The number of ketones is 1. The minimum Gasteiger partial charge on any atom is -0.497 e. The van der Waals surface area contributed by atoms with Crippen LogP contribution in [0, 0.1) is 0 Å². The molecule has 0 aliphatic heterocycles. The Morgan fingerprint density at radius 3 is 2.24 bits per heavy atom. The Morgan fingerprint density at radius 2 is 1.67 bits per heavy atom. The summed E-state index contributed by atoms with van der Waals surface area (Å²) in [7, 11) is 3.09. The molecule has 1 aromatic rings. The van der Waals surface area contributed by atoms with E-state index in [1.807, 2.05) is 0 Å². The fourth-order valence-corrected chi connectivity index (χ4v) is 2.08. The number of carbonyl (C=O) groups is 2. The van der Waals surface area contributed by atoms with Crippen molar-refractivity contribution in [1.82, 2.24) is 0 Å². The lowest BCUT2D eigenvalue weighted by atomic mass is 10.0. The van der Waals surface area contributed by atoms with E-state index in [9.17, 15) is 9.59 Å². The zero-order valence-electron chi connectivity index (χ0n) is 12.6. The normalized spacial score (nSPS) is 10.2. The number of carboxylic acids is 1. The van der Waals surface area contributed by atoms with E-state index in [0.29, 0.717) is 29.9 Å². The topological polar surface area (TPSA) is 72.8 Å². The van der Waals surface area contributed by atoms with Gasteiger partial charge in [-0.1, -0.05) is 12.8 Å². The summed E-state index contributed by atoms with van der Waals surface area (Å²) < 4.78 is 10.3. The quantitative estimate of drug-likeness (QED) is 0.529. The molecular formula is C16H22O5. The van der Waals surface area contributed by atoms with Crippen molar-refractivity contribution in [2.75, 3.05) is 14.2 Å². The number of rotatable bonds is 10. The van der Waals surface area contributed by atoms with Crippen molar-refractivity contribution >= 4 is 11.8 Å². The summed E-state index contributed by atoms with van der Waals surface area (Å²) in [5, 5.41) is 8.53. The van der Waals surface area contributed by atoms with Gasteiger partial charge in [-0.15, -0.1) is 0 Å². The van der Waals surface area contributed by atoms with Crippen molar-refractivity contribution in [2.45, 2.75) is 38.5 Å². The third kappa shape index (κ3) is 5.85. The highest BCUT2D eigenvalue weighted by Gasteiger charge is 2.12. The van der Waals surface area contributed by atoms with Crippen molar-refractivity contribution in [1.29, 1.82) is 0 Å². The maximum Gasteiger partial charge on any atom is 0.303 e. The Bertz CT molecular complexity index is 482. The molecule has 0 aliphatic carbocycles. The molecule has 0 fully saturated rings. The van der Waals surface area contributed by atoms with Crippen LogP contribution in [0.5, 0.6) is 11.5 Å². The predicted octanol–water partition coefficient (Wildman–Crippen LogP) is 3.31. The molecule has 0 spiro atoms. The van der Waals surface area contributed by atoms with Crippen molar-refractivity contribution in [3.05, 3.63) is 23.8 Å². The molecule has 0 saturated heterocycles. The third-order valence-electron chi connectivity index (χ3n) is 3.25. The second-order valence-corrected chi connectivity index (χ2v) is 4.80. The van der Waals surface area contributed by atoms with Gasteiger partial charge >= 0.3 is 5.97 Å². The second kappa shape index (κ2) is 9.00. The van der Waals surface area contributed by atoms with E-state index in [-0.39, 0.29) is 12.2 Å². The molecule has 5 nitrogen and oxygen atoms in total. The molecule has 1 rings (SSSR count). The van der Waals surface area contributed by atoms with Crippen LogP contribution in [0.25, 0.3) is 0 Å². The first kappa shape index (κ1) is 17.0. The Hall–Kier alpha value is -2.04. The van der Waals surface area contributed by atoms with Gasteiger partial charge in [0, 0.05) is 18.9 Å². The Kier molecular flexibility index (Phi) is 7.29. The minimum atomic E-state index is -0.769. The number of aliphatic carboxylic acids is 1. The van der Waals surface area contributed by atoms with E-state index in [1.54, 1.807) is 25.3 Å². The first-order chi connectivity index (χ1) is 10.1. The lowest BCUT2D eigenvalue weighted by Gasteiger charge is -2.09. The largest absolute Gasteiger partial charge is 0.497 e. The summed E-state index contributed by atoms with van der Waals surface area (Å²) >= 11 is 0. The SMILES string of the molecule is COc1ccc(C(=O)CCCCCCC(=O)O)c(OC)c1.